The minimum absolute atomic E-state index is 0.273. The number of halogens is 4. The van der Waals surface area contributed by atoms with Crippen molar-refractivity contribution in [1.29, 1.82) is 0 Å². The third-order valence-corrected chi connectivity index (χ3v) is 3.67. The van der Waals surface area contributed by atoms with E-state index in [1.165, 1.54) is 0 Å². The van der Waals surface area contributed by atoms with Crippen LogP contribution in [0.1, 0.15) is 11.6 Å². The van der Waals surface area contributed by atoms with Crippen LogP contribution in [0.3, 0.4) is 0 Å². The zero-order chi connectivity index (χ0) is 15.1. The van der Waals surface area contributed by atoms with Crippen molar-refractivity contribution in [3.63, 3.8) is 0 Å². The molecule has 0 saturated heterocycles. The predicted molar refractivity (Wildman–Crippen MR) is 75.5 cm³/mol. The molecule has 3 rings (SSSR count). The molecule has 1 atom stereocenters. The lowest BCUT2D eigenvalue weighted by Crippen LogP contribution is -2.20. The van der Waals surface area contributed by atoms with E-state index in [2.05, 4.69) is 26.6 Å². The summed E-state index contributed by atoms with van der Waals surface area (Å²) in [6.45, 7) is 0. The first-order valence-electron chi connectivity index (χ1n) is 5.97. The van der Waals surface area contributed by atoms with Gasteiger partial charge in [-0.05, 0) is 24.3 Å². The van der Waals surface area contributed by atoms with Gasteiger partial charge < -0.3 is 10.6 Å². The van der Waals surface area contributed by atoms with Gasteiger partial charge in [-0.3, -0.25) is 4.79 Å². The second kappa shape index (κ2) is 5.07. The van der Waals surface area contributed by atoms with Gasteiger partial charge in [0.05, 0.1) is 5.69 Å². The van der Waals surface area contributed by atoms with Gasteiger partial charge in [0, 0.05) is 15.7 Å². The highest BCUT2D eigenvalue weighted by Crippen LogP contribution is 2.35. The third kappa shape index (κ3) is 2.37. The highest BCUT2D eigenvalue weighted by molar-refractivity contribution is 9.10. The third-order valence-electron chi connectivity index (χ3n) is 3.18. The molecule has 0 spiro atoms. The lowest BCUT2D eigenvalue weighted by atomic mass is 10.1. The first kappa shape index (κ1) is 13.9. The van der Waals surface area contributed by atoms with Gasteiger partial charge in [0.1, 0.15) is 6.04 Å². The molecule has 0 fully saturated rings. The molecule has 1 amide bonds. The fraction of sp³-hybridized carbons (Fsp3) is 0.0714. The smallest absolute Gasteiger partial charge is 0.251 e. The van der Waals surface area contributed by atoms with Crippen molar-refractivity contribution >= 4 is 33.2 Å². The first-order valence-corrected chi connectivity index (χ1v) is 6.77. The maximum Gasteiger partial charge on any atom is 0.251 e. The zero-order valence-corrected chi connectivity index (χ0v) is 12.0. The van der Waals surface area contributed by atoms with Gasteiger partial charge in [0.25, 0.3) is 5.91 Å². The van der Waals surface area contributed by atoms with Gasteiger partial charge in [-0.25, -0.2) is 13.2 Å². The van der Waals surface area contributed by atoms with E-state index < -0.39 is 29.4 Å². The Bertz CT molecular complexity index is 751. The monoisotopic (exact) mass is 356 g/mol. The summed E-state index contributed by atoms with van der Waals surface area (Å²) in [5, 5.41) is 5.23. The van der Waals surface area contributed by atoms with Crippen LogP contribution in [-0.2, 0) is 4.79 Å². The molecule has 7 heteroatoms. The number of nitrogens with one attached hydrogen (secondary N) is 2. The van der Waals surface area contributed by atoms with Crippen LogP contribution in [0.5, 0.6) is 0 Å². The first-order chi connectivity index (χ1) is 9.97. The van der Waals surface area contributed by atoms with Crippen molar-refractivity contribution in [3.05, 3.63) is 57.8 Å². The number of anilines is 2. The molecular weight excluding hydrogens is 349 g/mol. The Kier molecular flexibility index (Phi) is 3.36. The molecular formula is C14H8BrF3N2O. The van der Waals surface area contributed by atoms with E-state index in [9.17, 15) is 18.0 Å². The van der Waals surface area contributed by atoms with Crippen molar-refractivity contribution in [1.82, 2.24) is 0 Å². The van der Waals surface area contributed by atoms with Crippen LogP contribution >= 0.6 is 15.9 Å². The molecule has 1 heterocycles. The normalized spacial score (nSPS) is 16.6. The number of hydrogen-bond acceptors (Lipinski definition) is 2. The second-order valence-electron chi connectivity index (χ2n) is 4.52. The molecule has 1 aliphatic rings. The summed E-state index contributed by atoms with van der Waals surface area (Å²) >= 11 is 3.28. The number of amides is 1. The predicted octanol–water partition coefficient (Wildman–Crippen LogP) is 3.97. The van der Waals surface area contributed by atoms with E-state index in [1.54, 1.807) is 18.2 Å². The van der Waals surface area contributed by atoms with Crippen LogP contribution in [0.15, 0.2) is 34.8 Å². The van der Waals surface area contributed by atoms with E-state index in [1.807, 2.05) is 0 Å². The Morgan fingerprint density at radius 3 is 2.62 bits per heavy atom. The van der Waals surface area contributed by atoms with E-state index >= 15 is 0 Å². The molecule has 2 N–H and O–H groups in total. The van der Waals surface area contributed by atoms with Crippen LogP contribution in [0.25, 0.3) is 0 Å². The lowest BCUT2D eigenvalue weighted by molar-refractivity contribution is -0.116. The summed E-state index contributed by atoms with van der Waals surface area (Å²) in [6, 6.07) is 6.11. The number of carbonyl (C=O) groups is 1. The number of benzene rings is 2. The molecule has 2 aromatic rings. The fourth-order valence-corrected chi connectivity index (χ4v) is 2.53. The molecule has 1 aliphatic heterocycles. The summed E-state index contributed by atoms with van der Waals surface area (Å²) in [5.74, 6) is -4.60. The Labute approximate surface area is 126 Å². The topological polar surface area (TPSA) is 41.1 Å². The quantitative estimate of drug-likeness (QED) is 0.799. The van der Waals surface area contributed by atoms with E-state index in [4.69, 9.17) is 0 Å². The molecule has 108 valence electrons. The van der Waals surface area contributed by atoms with Gasteiger partial charge >= 0.3 is 0 Å². The summed E-state index contributed by atoms with van der Waals surface area (Å²) in [6.07, 6.45) is 0. The molecule has 3 nitrogen and oxygen atoms in total. The van der Waals surface area contributed by atoms with Gasteiger partial charge in [-0.2, -0.15) is 0 Å². The number of carbonyl (C=O) groups excluding carboxylic acids is 1. The fourth-order valence-electron chi connectivity index (χ4n) is 2.17. The van der Waals surface area contributed by atoms with Gasteiger partial charge in [-0.15, -0.1) is 0 Å². The van der Waals surface area contributed by atoms with E-state index in [-0.39, 0.29) is 5.69 Å². The van der Waals surface area contributed by atoms with Crippen molar-refractivity contribution < 1.29 is 18.0 Å². The molecule has 0 aliphatic carbocycles. The number of rotatable bonds is 2. The summed E-state index contributed by atoms with van der Waals surface area (Å²) in [7, 11) is 0. The molecule has 0 aromatic heterocycles. The summed E-state index contributed by atoms with van der Waals surface area (Å²) < 4.78 is 40.6. The van der Waals surface area contributed by atoms with Gasteiger partial charge in [-0.1, -0.05) is 22.0 Å². The Hall–Kier alpha value is -2.02. The zero-order valence-electron chi connectivity index (χ0n) is 10.4. The standard InChI is InChI=1S/C14H8BrF3N2O/c15-6-1-2-7-10(5-6)20-14(21)13(7)19-9-4-3-8(16)11(17)12(9)18/h1-5,13,19H,(H,20,21). The lowest BCUT2D eigenvalue weighted by Gasteiger charge is -2.14. The Morgan fingerprint density at radius 2 is 1.86 bits per heavy atom. The second-order valence-corrected chi connectivity index (χ2v) is 5.44. The average molecular weight is 357 g/mol. The number of hydrogen-bond donors (Lipinski definition) is 2. The molecule has 1 unspecified atom stereocenters. The van der Waals surface area contributed by atoms with Crippen molar-refractivity contribution in [3.8, 4) is 0 Å². The van der Waals surface area contributed by atoms with Crippen LogP contribution in [0.2, 0.25) is 0 Å². The molecule has 0 bridgehead atoms. The van der Waals surface area contributed by atoms with Gasteiger partial charge in [0.2, 0.25) is 0 Å². The van der Waals surface area contributed by atoms with Crippen LogP contribution in [0, 0.1) is 17.5 Å². The number of fused-ring (bicyclic) bond motifs is 1. The Morgan fingerprint density at radius 1 is 1.10 bits per heavy atom. The molecule has 0 radical (unpaired) electrons. The maximum absolute atomic E-state index is 13.7. The molecule has 0 saturated carbocycles. The van der Waals surface area contributed by atoms with Crippen LogP contribution in [0.4, 0.5) is 24.5 Å². The summed E-state index contributed by atoms with van der Waals surface area (Å²) in [5.41, 5.74) is 0.909. The van der Waals surface area contributed by atoms with Crippen molar-refractivity contribution in [2.45, 2.75) is 6.04 Å². The van der Waals surface area contributed by atoms with Crippen LogP contribution < -0.4 is 10.6 Å². The minimum atomic E-state index is -1.57. The average Bonchev–Trinajstić information content (AvgIpc) is 2.74. The SMILES string of the molecule is O=C1Nc2cc(Br)ccc2C1Nc1ccc(F)c(F)c1F. The van der Waals surface area contributed by atoms with Crippen LogP contribution in [-0.4, -0.2) is 5.91 Å². The molecule has 2 aromatic carbocycles. The highest BCUT2D eigenvalue weighted by Gasteiger charge is 2.31. The van der Waals surface area contributed by atoms with E-state index in [0.717, 1.165) is 16.6 Å². The van der Waals surface area contributed by atoms with Crippen molar-refractivity contribution in [2.75, 3.05) is 10.6 Å². The van der Waals surface area contributed by atoms with Crippen molar-refractivity contribution in [2.24, 2.45) is 0 Å². The largest absolute Gasteiger partial charge is 0.368 e. The van der Waals surface area contributed by atoms with E-state index in [0.29, 0.717) is 11.3 Å². The van der Waals surface area contributed by atoms with Gasteiger partial charge in [0.15, 0.2) is 17.5 Å². The highest BCUT2D eigenvalue weighted by atomic mass is 79.9. The Balaban J connectivity index is 1.97. The summed E-state index contributed by atoms with van der Waals surface area (Å²) in [4.78, 5) is 11.9. The maximum atomic E-state index is 13.7. The minimum Gasteiger partial charge on any atom is -0.368 e. The molecule has 21 heavy (non-hydrogen) atoms.